The van der Waals surface area contributed by atoms with Crippen molar-refractivity contribution in [2.45, 2.75) is 19.8 Å². The van der Waals surface area contributed by atoms with Crippen molar-refractivity contribution in [3.63, 3.8) is 0 Å². The SMILES string of the molecule is CCOC(=O)c1coc(NCC(C)c2cccc(F)n2)n1. The Morgan fingerprint density at radius 3 is 3.00 bits per heavy atom. The maximum Gasteiger partial charge on any atom is 0.360 e. The molecule has 0 spiro atoms. The Morgan fingerprint density at radius 2 is 2.29 bits per heavy atom. The second-order valence-electron chi connectivity index (χ2n) is 4.43. The lowest BCUT2D eigenvalue weighted by Gasteiger charge is -2.10. The quantitative estimate of drug-likeness (QED) is 0.651. The average Bonchev–Trinajstić information content (AvgIpc) is 2.94. The first kappa shape index (κ1) is 15.0. The van der Waals surface area contributed by atoms with Gasteiger partial charge in [-0.25, -0.2) is 9.78 Å². The third-order valence-corrected chi connectivity index (χ3v) is 2.79. The first-order valence-electron chi connectivity index (χ1n) is 6.59. The summed E-state index contributed by atoms with van der Waals surface area (Å²) in [6, 6.07) is 4.86. The van der Waals surface area contributed by atoms with E-state index in [0.29, 0.717) is 12.2 Å². The van der Waals surface area contributed by atoms with Crippen LogP contribution in [-0.2, 0) is 4.74 Å². The van der Waals surface area contributed by atoms with Crippen molar-refractivity contribution in [1.82, 2.24) is 9.97 Å². The molecule has 1 N–H and O–H groups in total. The van der Waals surface area contributed by atoms with Crippen molar-refractivity contribution in [3.05, 3.63) is 41.8 Å². The summed E-state index contributed by atoms with van der Waals surface area (Å²) in [7, 11) is 0. The van der Waals surface area contributed by atoms with Gasteiger partial charge in [-0.3, -0.25) is 0 Å². The Hall–Kier alpha value is -2.44. The molecule has 0 saturated heterocycles. The van der Waals surface area contributed by atoms with Crippen LogP contribution >= 0.6 is 0 Å². The highest BCUT2D eigenvalue weighted by molar-refractivity contribution is 5.87. The maximum atomic E-state index is 13.0. The van der Waals surface area contributed by atoms with Crippen LogP contribution in [0.3, 0.4) is 0 Å². The molecule has 1 atom stereocenters. The molecule has 0 aromatic carbocycles. The van der Waals surface area contributed by atoms with Crippen LogP contribution < -0.4 is 5.32 Å². The van der Waals surface area contributed by atoms with Crippen molar-refractivity contribution in [3.8, 4) is 0 Å². The van der Waals surface area contributed by atoms with Gasteiger partial charge in [-0.15, -0.1) is 0 Å². The number of nitrogens with zero attached hydrogens (tertiary/aromatic N) is 2. The van der Waals surface area contributed by atoms with Crippen molar-refractivity contribution in [1.29, 1.82) is 0 Å². The summed E-state index contributed by atoms with van der Waals surface area (Å²) in [6.45, 7) is 4.32. The molecule has 2 aromatic rings. The lowest BCUT2D eigenvalue weighted by molar-refractivity contribution is 0.0519. The van der Waals surface area contributed by atoms with E-state index in [9.17, 15) is 9.18 Å². The number of esters is 1. The summed E-state index contributed by atoms with van der Waals surface area (Å²) in [5.74, 6) is -1.09. The van der Waals surface area contributed by atoms with E-state index < -0.39 is 11.9 Å². The van der Waals surface area contributed by atoms with Gasteiger partial charge in [0, 0.05) is 18.2 Å². The van der Waals surface area contributed by atoms with E-state index >= 15 is 0 Å². The zero-order valence-electron chi connectivity index (χ0n) is 11.8. The highest BCUT2D eigenvalue weighted by Crippen LogP contribution is 2.15. The van der Waals surface area contributed by atoms with Gasteiger partial charge in [-0.2, -0.15) is 9.37 Å². The van der Waals surface area contributed by atoms with Crippen molar-refractivity contribution < 1.29 is 18.3 Å². The first-order valence-corrected chi connectivity index (χ1v) is 6.59. The van der Waals surface area contributed by atoms with Gasteiger partial charge >= 0.3 is 5.97 Å². The minimum absolute atomic E-state index is 0.0429. The second kappa shape index (κ2) is 6.83. The fraction of sp³-hybridized carbons (Fsp3) is 0.357. The molecule has 0 radical (unpaired) electrons. The summed E-state index contributed by atoms with van der Waals surface area (Å²) >= 11 is 0. The van der Waals surface area contributed by atoms with E-state index in [4.69, 9.17) is 9.15 Å². The van der Waals surface area contributed by atoms with E-state index in [1.165, 1.54) is 12.3 Å². The number of aromatic nitrogens is 2. The van der Waals surface area contributed by atoms with Crippen LogP contribution in [-0.4, -0.2) is 29.1 Å². The molecule has 0 saturated carbocycles. The average molecular weight is 293 g/mol. The Labute approximate surface area is 121 Å². The van der Waals surface area contributed by atoms with Crippen LogP contribution in [0.5, 0.6) is 0 Å². The van der Waals surface area contributed by atoms with E-state index in [-0.39, 0.29) is 24.2 Å². The zero-order valence-corrected chi connectivity index (χ0v) is 11.8. The normalized spacial score (nSPS) is 12.0. The number of hydrogen-bond acceptors (Lipinski definition) is 6. The van der Waals surface area contributed by atoms with Crippen LogP contribution in [0.15, 0.2) is 28.9 Å². The smallest absolute Gasteiger partial charge is 0.360 e. The summed E-state index contributed by atoms with van der Waals surface area (Å²) in [5.41, 5.74) is 0.732. The van der Waals surface area contributed by atoms with Crippen LogP contribution in [0.4, 0.5) is 10.4 Å². The topological polar surface area (TPSA) is 77.2 Å². The number of nitrogens with one attached hydrogen (secondary N) is 1. The molecule has 0 bridgehead atoms. The molecule has 21 heavy (non-hydrogen) atoms. The lowest BCUT2D eigenvalue weighted by Crippen LogP contribution is -2.12. The van der Waals surface area contributed by atoms with Crippen LogP contribution in [0.25, 0.3) is 0 Å². The Morgan fingerprint density at radius 1 is 1.48 bits per heavy atom. The van der Waals surface area contributed by atoms with Gasteiger partial charge in [0.1, 0.15) is 6.26 Å². The Balaban J connectivity index is 1.92. The number of hydrogen-bond donors (Lipinski definition) is 1. The molecule has 6 nitrogen and oxygen atoms in total. The fourth-order valence-corrected chi connectivity index (χ4v) is 1.70. The van der Waals surface area contributed by atoms with E-state index in [1.54, 1.807) is 19.1 Å². The molecule has 112 valence electrons. The van der Waals surface area contributed by atoms with Gasteiger partial charge in [0.05, 0.1) is 6.61 Å². The molecule has 2 rings (SSSR count). The third kappa shape index (κ3) is 4.01. The van der Waals surface area contributed by atoms with Crippen molar-refractivity contribution >= 4 is 12.0 Å². The fourth-order valence-electron chi connectivity index (χ4n) is 1.70. The number of halogens is 1. The minimum atomic E-state index is -0.533. The second-order valence-corrected chi connectivity index (χ2v) is 4.43. The predicted molar refractivity (Wildman–Crippen MR) is 73.6 cm³/mol. The molecular weight excluding hydrogens is 277 g/mol. The summed E-state index contributed by atoms with van der Waals surface area (Å²) in [6.07, 6.45) is 1.23. The highest BCUT2D eigenvalue weighted by Gasteiger charge is 2.14. The predicted octanol–water partition coefficient (Wildman–Crippen LogP) is 2.60. The van der Waals surface area contributed by atoms with E-state index in [0.717, 1.165) is 0 Å². The number of anilines is 1. The van der Waals surface area contributed by atoms with Gasteiger partial charge < -0.3 is 14.5 Å². The number of ether oxygens (including phenoxy) is 1. The number of pyridine rings is 1. The molecular formula is C14H16FN3O3. The molecule has 0 fully saturated rings. The summed E-state index contributed by atoms with van der Waals surface area (Å²) < 4.78 is 23.0. The van der Waals surface area contributed by atoms with E-state index in [2.05, 4.69) is 15.3 Å². The Kier molecular flexibility index (Phi) is 4.86. The largest absolute Gasteiger partial charge is 0.461 e. The number of oxazole rings is 1. The number of carbonyl (C=O) groups excluding carboxylic acids is 1. The van der Waals surface area contributed by atoms with Gasteiger partial charge in [0.15, 0.2) is 5.69 Å². The van der Waals surface area contributed by atoms with Gasteiger partial charge in [-0.05, 0) is 19.1 Å². The Bertz CT molecular complexity index is 615. The molecule has 2 aromatic heterocycles. The molecule has 7 heteroatoms. The monoisotopic (exact) mass is 293 g/mol. The lowest BCUT2D eigenvalue weighted by atomic mass is 10.1. The summed E-state index contributed by atoms with van der Waals surface area (Å²) in [4.78, 5) is 19.2. The molecule has 1 unspecified atom stereocenters. The van der Waals surface area contributed by atoms with Crippen LogP contribution in [0.2, 0.25) is 0 Å². The molecule has 0 amide bonds. The first-order chi connectivity index (χ1) is 10.1. The molecule has 0 aliphatic carbocycles. The molecule has 0 aliphatic heterocycles. The molecule has 0 aliphatic rings. The summed E-state index contributed by atoms with van der Waals surface area (Å²) in [5, 5.41) is 2.93. The zero-order chi connectivity index (χ0) is 15.2. The van der Waals surface area contributed by atoms with Crippen LogP contribution in [0, 0.1) is 5.95 Å². The number of rotatable bonds is 6. The third-order valence-electron chi connectivity index (χ3n) is 2.79. The maximum absolute atomic E-state index is 13.0. The standard InChI is InChI=1S/C14H16FN3O3/c1-3-20-13(19)11-8-21-14(18-11)16-7-9(2)10-5-4-6-12(15)17-10/h4-6,8-9H,3,7H2,1-2H3,(H,16,18). The minimum Gasteiger partial charge on any atom is -0.461 e. The van der Waals surface area contributed by atoms with Crippen molar-refractivity contribution in [2.75, 3.05) is 18.5 Å². The van der Waals surface area contributed by atoms with E-state index in [1.807, 2.05) is 6.92 Å². The van der Waals surface area contributed by atoms with Gasteiger partial charge in [0.25, 0.3) is 6.01 Å². The van der Waals surface area contributed by atoms with Crippen LogP contribution in [0.1, 0.15) is 35.9 Å². The molecule has 2 heterocycles. The van der Waals surface area contributed by atoms with Gasteiger partial charge in [0.2, 0.25) is 5.95 Å². The number of carbonyl (C=O) groups is 1. The van der Waals surface area contributed by atoms with Crippen molar-refractivity contribution in [2.24, 2.45) is 0 Å². The highest BCUT2D eigenvalue weighted by atomic mass is 19.1. The van der Waals surface area contributed by atoms with Gasteiger partial charge in [-0.1, -0.05) is 13.0 Å².